The standard InChI is InChI=1S/C18H29N3/c1-6-19-17(18(2,3)4)13-9-11-15-14-10-7-8-12-16(14)21(5)20-15/h7-8,10,12,17,19H,6,9,11,13H2,1-5H3. The number of aryl methyl sites for hydroxylation is 2. The molecule has 0 saturated heterocycles. The zero-order valence-electron chi connectivity index (χ0n) is 14.1. The van der Waals surface area contributed by atoms with Crippen molar-refractivity contribution in [3.63, 3.8) is 0 Å². The number of aromatic nitrogens is 2. The second kappa shape index (κ2) is 6.61. The maximum absolute atomic E-state index is 4.69. The Kier molecular flexibility index (Phi) is 5.04. The van der Waals surface area contributed by atoms with Crippen molar-refractivity contribution < 1.29 is 0 Å². The minimum Gasteiger partial charge on any atom is -0.314 e. The third-order valence-electron chi connectivity index (χ3n) is 4.24. The Hall–Kier alpha value is -1.35. The van der Waals surface area contributed by atoms with Crippen LogP contribution in [0.3, 0.4) is 0 Å². The van der Waals surface area contributed by atoms with Crippen molar-refractivity contribution in [3.8, 4) is 0 Å². The summed E-state index contributed by atoms with van der Waals surface area (Å²) < 4.78 is 2.00. The number of rotatable bonds is 6. The van der Waals surface area contributed by atoms with Crippen LogP contribution in [0.1, 0.15) is 46.2 Å². The van der Waals surface area contributed by atoms with Crippen LogP contribution in [0.25, 0.3) is 10.9 Å². The van der Waals surface area contributed by atoms with Crippen LogP contribution >= 0.6 is 0 Å². The molecule has 1 atom stereocenters. The van der Waals surface area contributed by atoms with E-state index in [1.165, 1.54) is 29.4 Å². The van der Waals surface area contributed by atoms with E-state index in [0.717, 1.165) is 13.0 Å². The van der Waals surface area contributed by atoms with Gasteiger partial charge in [0.1, 0.15) is 0 Å². The molecule has 1 aromatic heterocycles. The van der Waals surface area contributed by atoms with Gasteiger partial charge in [0, 0.05) is 18.5 Å². The lowest BCUT2D eigenvalue weighted by atomic mass is 9.83. The summed E-state index contributed by atoms with van der Waals surface area (Å²) in [7, 11) is 2.03. The summed E-state index contributed by atoms with van der Waals surface area (Å²) >= 11 is 0. The van der Waals surface area contributed by atoms with E-state index >= 15 is 0 Å². The first kappa shape index (κ1) is 16.0. The van der Waals surface area contributed by atoms with Crippen LogP contribution < -0.4 is 5.32 Å². The van der Waals surface area contributed by atoms with E-state index in [0.29, 0.717) is 11.5 Å². The van der Waals surface area contributed by atoms with E-state index in [1.807, 2.05) is 11.7 Å². The molecule has 21 heavy (non-hydrogen) atoms. The van der Waals surface area contributed by atoms with Gasteiger partial charge in [-0.1, -0.05) is 45.9 Å². The Bertz CT molecular complexity index is 578. The lowest BCUT2D eigenvalue weighted by Crippen LogP contribution is -2.40. The summed E-state index contributed by atoms with van der Waals surface area (Å²) in [4.78, 5) is 0. The van der Waals surface area contributed by atoms with Crippen molar-refractivity contribution in [1.29, 1.82) is 0 Å². The van der Waals surface area contributed by atoms with Gasteiger partial charge in [0.25, 0.3) is 0 Å². The number of benzene rings is 1. The summed E-state index contributed by atoms with van der Waals surface area (Å²) in [5, 5.41) is 9.62. The highest BCUT2D eigenvalue weighted by molar-refractivity contribution is 5.81. The zero-order chi connectivity index (χ0) is 15.5. The summed E-state index contributed by atoms with van der Waals surface area (Å²) in [6.07, 6.45) is 3.43. The van der Waals surface area contributed by atoms with Gasteiger partial charge in [-0.25, -0.2) is 0 Å². The molecule has 0 bridgehead atoms. The van der Waals surface area contributed by atoms with Crippen molar-refractivity contribution in [2.24, 2.45) is 12.5 Å². The van der Waals surface area contributed by atoms with Crippen LogP contribution in [-0.4, -0.2) is 22.4 Å². The SMILES string of the molecule is CCNC(CCCc1nn(C)c2ccccc12)C(C)(C)C. The third kappa shape index (κ3) is 3.85. The average molecular weight is 287 g/mol. The number of fused-ring (bicyclic) bond motifs is 1. The Balaban J connectivity index is 2.02. The van der Waals surface area contributed by atoms with Gasteiger partial charge in [-0.05, 0) is 37.3 Å². The smallest absolute Gasteiger partial charge is 0.0703 e. The number of nitrogens with zero attached hydrogens (tertiary/aromatic N) is 2. The summed E-state index contributed by atoms with van der Waals surface area (Å²) in [5.41, 5.74) is 2.77. The van der Waals surface area contributed by atoms with Crippen molar-refractivity contribution in [2.75, 3.05) is 6.54 Å². The van der Waals surface area contributed by atoms with Crippen molar-refractivity contribution in [3.05, 3.63) is 30.0 Å². The molecular formula is C18H29N3. The fourth-order valence-corrected chi connectivity index (χ4v) is 3.03. The molecule has 3 heteroatoms. The molecule has 0 aliphatic carbocycles. The maximum Gasteiger partial charge on any atom is 0.0703 e. The van der Waals surface area contributed by atoms with E-state index < -0.39 is 0 Å². The van der Waals surface area contributed by atoms with Gasteiger partial charge in [-0.3, -0.25) is 4.68 Å². The predicted molar refractivity (Wildman–Crippen MR) is 90.6 cm³/mol. The third-order valence-corrected chi connectivity index (χ3v) is 4.24. The molecule has 0 aliphatic rings. The van der Waals surface area contributed by atoms with Crippen molar-refractivity contribution in [2.45, 2.75) is 53.0 Å². The molecule has 0 spiro atoms. The molecule has 0 aliphatic heterocycles. The van der Waals surface area contributed by atoms with Gasteiger partial charge in [-0.15, -0.1) is 0 Å². The summed E-state index contributed by atoms with van der Waals surface area (Å²) in [6, 6.07) is 9.07. The van der Waals surface area contributed by atoms with Gasteiger partial charge < -0.3 is 5.32 Å². The van der Waals surface area contributed by atoms with E-state index in [-0.39, 0.29) is 0 Å². The Morgan fingerprint density at radius 2 is 1.95 bits per heavy atom. The molecule has 1 heterocycles. The molecular weight excluding hydrogens is 258 g/mol. The van der Waals surface area contributed by atoms with Gasteiger partial charge in [0.05, 0.1) is 11.2 Å². The monoisotopic (exact) mass is 287 g/mol. The lowest BCUT2D eigenvalue weighted by molar-refractivity contribution is 0.254. The molecule has 2 aromatic rings. The fraction of sp³-hybridized carbons (Fsp3) is 0.611. The van der Waals surface area contributed by atoms with Gasteiger partial charge in [0.15, 0.2) is 0 Å². The highest BCUT2D eigenvalue weighted by atomic mass is 15.3. The second-order valence-electron chi connectivity index (χ2n) is 6.96. The number of hydrogen-bond acceptors (Lipinski definition) is 2. The fourth-order valence-electron chi connectivity index (χ4n) is 3.03. The Labute approximate surface area is 128 Å². The first-order valence-corrected chi connectivity index (χ1v) is 8.07. The minimum atomic E-state index is 0.308. The molecule has 1 aromatic carbocycles. The molecule has 1 N–H and O–H groups in total. The van der Waals surface area contributed by atoms with Gasteiger partial charge in [-0.2, -0.15) is 5.10 Å². The van der Waals surface area contributed by atoms with Crippen molar-refractivity contribution in [1.82, 2.24) is 15.1 Å². The number of nitrogens with one attached hydrogen (secondary N) is 1. The molecule has 116 valence electrons. The highest BCUT2D eigenvalue weighted by Gasteiger charge is 2.23. The Morgan fingerprint density at radius 3 is 2.62 bits per heavy atom. The number of hydrogen-bond donors (Lipinski definition) is 1. The van der Waals surface area contributed by atoms with E-state index in [1.54, 1.807) is 0 Å². The maximum atomic E-state index is 4.69. The number of para-hydroxylation sites is 1. The highest BCUT2D eigenvalue weighted by Crippen LogP contribution is 2.25. The second-order valence-corrected chi connectivity index (χ2v) is 6.96. The van der Waals surface area contributed by atoms with Crippen molar-refractivity contribution >= 4 is 10.9 Å². The molecule has 0 saturated carbocycles. The van der Waals surface area contributed by atoms with Crippen LogP contribution in [0.15, 0.2) is 24.3 Å². The summed E-state index contributed by atoms with van der Waals surface area (Å²) in [5.74, 6) is 0. The first-order chi connectivity index (χ1) is 9.93. The molecule has 0 amide bonds. The lowest BCUT2D eigenvalue weighted by Gasteiger charge is -2.31. The Morgan fingerprint density at radius 1 is 1.24 bits per heavy atom. The van der Waals surface area contributed by atoms with Gasteiger partial charge >= 0.3 is 0 Å². The molecule has 3 nitrogen and oxygen atoms in total. The zero-order valence-corrected chi connectivity index (χ0v) is 14.1. The van der Waals surface area contributed by atoms with Crippen LogP contribution in [0.5, 0.6) is 0 Å². The van der Waals surface area contributed by atoms with E-state index in [4.69, 9.17) is 5.10 Å². The molecule has 1 unspecified atom stereocenters. The minimum absolute atomic E-state index is 0.308. The summed E-state index contributed by atoms with van der Waals surface area (Å²) in [6.45, 7) is 10.2. The average Bonchev–Trinajstić information content (AvgIpc) is 2.74. The molecule has 2 rings (SSSR count). The van der Waals surface area contributed by atoms with Gasteiger partial charge in [0.2, 0.25) is 0 Å². The van der Waals surface area contributed by atoms with E-state index in [9.17, 15) is 0 Å². The largest absolute Gasteiger partial charge is 0.314 e. The normalized spacial score (nSPS) is 13.8. The first-order valence-electron chi connectivity index (χ1n) is 8.07. The molecule has 0 fully saturated rings. The molecule has 0 radical (unpaired) electrons. The quantitative estimate of drug-likeness (QED) is 0.872. The van der Waals surface area contributed by atoms with Crippen LogP contribution in [0.4, 0.5) is 0 Å². The van der Waals surface area contributed by atoms with Crippen LogP contribution in [0, 0.1) is 5.41 Å². The predicted octanol–water partition coefficient (Wildman–Crippen LogP) is 3.92. The van der Waals surface area contributed by atoms with E-state index in [2.05, 4.69) is 57.3 Å². The van der Waals surface area contributed by atoms with Crippen LogP contribution in [-0.2, 0) is 13.5 Å². The topological polar surface area (TPSA) is 29.9 Å². The van der Waals surface area contributed by atoms with Crippen LogP contribution in [0.2, 0.25) is 0 Å².